The van der Waals surface area contributed by atoms with Gasteiger partial charge in [0.1, 0.15) is 12.6 Å². The number of unbranched alkanes of at least 4 members (excludes halogenated alkanes) is 7. The van der Waals surface area contributed by atoms with Gasteiger partial charge in [0.25, 0.3) is 0 Å². The molecule has 0 spiro atoms. The fourth-order valence-electron chi connectivity index (χ4n) is 13.2. The molecule has 8 nitrogen and oxygen atoms in total. The molecule has 0 radical (unpaired) electrons. The molecule has 0 unspecified atom stereocenters. The molecular formula is C46H76N2O6. The molecule has 0 aromatic heterocycles. The number of ether oxygens (including phenoxy) is 1. The van der Waals surface area contributed by atoms with Gasteiger partial charge in [-0.2, -0.15) is 0 Å². The van der Waals surface area contributed by atoms with Crippen LogP contribution in [0.1, 0.15) is 184 Å². The third-order valence-electron chi connectivity index (χ3n) is 16.6. The molecule has 0 aromatic rings. The number of esters is 1. The Morgan fingerprint density at radius 2 is 1.43 bits per heavy atom. The van der Waals surface area contributed by atoms with E-state index in [0.717, 1.165) is 109 Å². The molecule has 5 rings (SSSR count). The summed E-state index contributed by atoms with van der Waals surface area (Å²) >= 11 is 0. The van der Waals surface area contributed by atoms with Gasteiger partial charge in [-0.3, -0.25) is 19.2 Å². The number of carbonyl (C=O) groups is 4. The van der Waals surface area contributed by atoms with E-state index >= 15 is 0 Å². The van der Waals surface area contributed by atoms with E-state index in [9.17, 15) is 19.2 Å². The molecule has 306 valence electrons. The quantitative estimate of drug-likeness (QED) is 0.0820. The standard InChI is InChI=1S/C46H76N2O6/c1-9-39(52)54-36-22-23-43(6)34(42(36,4)5)21-24-45(8)35(43)20-19-32-33-30-41(2,3)25-27-46(33,28-26-44(32,45)7)40(53)47-29-17-15-13-11-10-12-14-16-18-37(49)48-31-38(50)51/h19,33-36H,9-18,20-31H2,1-8H3,(H,47,53)(H,48,49)(H,50,51)/t33-,34-,35+,36-,43-,44+,45+,46-/m0/s1. The summed E-state index contributed by atoms with van der Waals surface area (Å²) in [5.74, 6) is 0.439. The van der Waals surface area contributed by atoms with Crippen LogP contribution in [-0.4, -0.2) is 48.1 Å². The molecule has 8 atom stereocenters. The maximum Gasteiger partial charge on any atom is 0.322 e. The summed E-state index contributed by atoms with van der Waals surface area (Å²) in [6.45, 7) is 19.7. The van der Waals surface area contributed by atoms with Gasteiger partial charge in [0.2, 0.25) is 11.8 Å². The summed E-state index contributed by atoms with van der Waals surface area (Å²) in [4.78, 5) is 49.1. The van der Waals surface area contributed by atoms with Gasteiger partial charge in [-0.25, -0.2) is 0 Å². The number of carbonyl (C=O) groups excluding carboxylic acids is 3. The van der Waals surface area contributed by atoms with Crippen LogP contribution in [0.2, 0.25) is 0 Å². The van der Waals surface area contributed by atoms with Crippen molar-refractivity contribution in [3.8, 4) is 0 Å². The Morgan fingerprint density at radius 3 is 2.09 bits per heavy atom. The molecule has 0 aliphatic heterocycles. The Bertz CT molecular complexity index is 1420. The highest BCUT2D eigenvalue weighted by Crippen LogP contribution is 2.76. The van der Waals surface area contributed by atoms with Crippen LogP contribution in [0.4, 0.5) is 0 Å². The Labute approximate surface area is 327 Å². The van der Waals surface area contributed by atoms with E-state index in [1.54, 1.807) is 5.57 Å². The van der Waals surface area contributed by atoms with Crippen LogP contribution >= 0.6 is 0 Å². The largest absolute Gasteiger partial charge is 0.480 e. The van der Waals surface area contributed by atoms with Crippen molar-refractivity contribution in [2.24, 2.45) is 50.2 Å². The summed E-state index contributed by atoms with van der Waals surface area (Å²) in [5, 5.41) is 14.6. The molecule has 0 saturated heterocycles. The minimum atomic E-state index is -1.01. The summed E-state index contributed by atoms with van der Waals surface area (Å²) in [6.07, 6.45) is 22.7. The molecule has 4 saturated carbocycles. The zero-order valence-electron chi connectivity index (χ0n) is 35.4. The van der Waals surface area contributed by atoms with Crippen molar-refractivity contribution in [2.45, 2.75) is 190 Å². The van der Waals surface area contributed by atoms with E-state index in [1.807, 2.05) is 6.92 Å². The molecule has 0 bridgehead atoms. The van der Waals surface area contributed by atoms with E-state index in [-0.39, 0.29) is 57.0 Å². The first-order valence-corrected chi connectivity index (χ1v) is 22.0. The molecule has 2 amide bonds. The second kappa shape index (κ2) is 16.6. The van der Waals surface area contributed by atoms with Crippen molar-refractivity contribution in [3.05, 3.63) is 11.6 Å². The second-order valence-electron chi connectivity index (χ2n) is 20.6. The average molecular weight is 753 g/mol. The monoisotopic (exact) mass is 753 g/mol. The number of rotatable bonds is 16. The number of hydrogen-bond donors (Lipinski definition) is 3. The summed E-state index contributed by atoms with van der Waals surface area (Å²) in [6, 6.07) is 0. The lowest BCUT2D eigenvalue weighted by atomic mass is 9.33. The Morgan fingerprint density at radius 1 is 0.778 bits per heavy atom. The van der Waals surface area contributed by atoms with Crippen molar-refractivity contribution in [3.63, 3.8) is 0 Å². The van der Waals surface area contributed by atoms with E-state index in [0.29, 0.717) is 36.5 Å². The summed E-state index contributed by atoms with van der Waals surface area (Å²) in [5.41, 5.74) is 1.92. The van der Waals surface area contributed by atoms with E-state index in [2.05, 4.69) is 65.2 Å². The third kappa shape index (κ3) is 8.20. The highest BCUT2D eigenvalue weighted by Gasteiger charge is 2.69. The maximum atomic E-state index is 14.5. The molecule has 0 heterocycles. The van der Waals surface area contributed by atoms with Crippen LogP contribution in [0.15, 0.2) is 11.6 Å². The van der Waals surface area contributed by atoms with Gasteiger partial charge in [0, 0.05) is 24.8 Å². The predicted molar refractivity (Wildman–Crippen MR) is 214 cm³/mol. The fourth-order valence-corrected chi connectivity index (χ4v) is 13.2. The third-order valence-corrected chi connectivity index (χ3v) is 16.6. The first-order valence-electron chi connectivity index (χ1n) is 22.0. The first-order chi connectivity index (χ1) is 25.4. The number of carboxylic acids is 1. The predicted octanol–water partition coefficient (Wildman–Crippen LogP) is 9.94. The van der Waals surface area contributed by atoms with Crippen molar-refractivity contribution in [1.82, 2.24) is 10.6 Å². The summed E-state index contributed by atoms with van der Waals surface area (Å²) < 4.78 is 6.10. The maximum absolute atomic E-state index is 14.5. The van der Waals surface area contributed by atoms with Gasteiger partial charge in [0.05, 0.1) is 5.41 Å². The molecule has 5 aliphatic rings. The zero-order chi connectivity index (χ0) is 39.6. The fraction of sp³-hybridized carbons (Fsp3) is 0.870. The van der Waals surface area contributed by atoms with Crippen LogP contribution < -0.4 is 10.6 Å². The van der Waals surface area contributed by atoms with Gasteiger partial charge >= 0.3 is 11.9 Å². The number of nitrogens with one attached hydrogen (secondary N) is 2. The van der Waals surface area contributed by atoms with Crippen LogP contribution in [-0.2, 0) is 23.9 Å². The SMILES string of the molecule is CCC(=O)O[C@H]1CC[C@]2(C)[C@H]3CC=C4[C@@H]5CC(C)(C)CC[C@]5(C(=O)NCCCCCCCCCCC(=O)NCC(=O)O)CC[C@@]4(C)[C@]3(C)CC[C@H]2C1(C)C. The van der Waals surface area contributed by atoms with E-state index in [1.165, 1.54) is 12.8 Å². The molecule has 3 N–H and O–H groups in total. The Hall–Kier alpha value is -2.38. The lowest BCUT2D eigenvalue weighted by molar-refractivity contribution is -0.212. The van der Waals surface area contributed by atoms with Crippen LogP contribution in [0, 0.1) is 50.2 Å². The molecular weight excluding hydrogens is 677 g/mol. The van der Waals surface area contributed by atoms with Crippen LogP contribution in [0.3, 0.4) is 0 Å². The number of allylic oxidation sites excluding steroid dienone is 2. The van der Waals surface area contributed by atoms with Gasteiger partial charge in [0.15, 0.2) is 0 Å². The van der Waals surface area contributed by atoms with Gasteiger partial charge < -0.3 is 20.5 Å². The number of aliphatic carboxylic acids is 1. The lowest BCUT2D eigenvalue weighted by Gasteiger charge is -2.71. The highest BCUT2D eigenvalue weighted by molar-refractivity contribution is 5.84. The Kier molecular flexibility index (Phi) is 13.2. The van der Waals surface area contributed by atoms with E-state index < -0.39 is 5.97 Å². The van der Waals surface area contributed by atoms with Gasteiger partial charge in [-0.15, -0.1) is 0 Å². The van der Waals surface area contributed by atoms with Crippen LogP contribution in [0.25, 0.3) is 0 Å². The lowest BCUT2D eigenvalue weighted by Crippen LogP contribution is -2.65. The topological polar surface area (TPSA) is 122 Å². The van der Waals surface area contributed by atoms with Crippen LogP contribution in [0.5, 0.6) is 0 Å². The minimum Gasteiger partial charge on any atom is -0.480 e. The van der Waals surface area contributed by atoms with Crippen molar-refractivity contribution in [2.75, 3.05) is 13.1 Å². The number of carboxylic acid groups (broad SMARTS) is 1. The second-order valence-corrected chi connectivity index (χ2v) is 20.6. The first kappa shape index (κ1) is 42.8. The molecule has 4 fully saturated rings. The summed E-state index contributed by atoms with van der Waals surface area (Å²) in [7, 11) is 0. The highest BCUT2D eigenvalue weighted by atomic mass is 16.5. The van der Waals surface area contributed by atoms with Crippen molar-refractivity contribution in [1.29, 1.82) is 0 Å². The smallest absolute Gasteiger partial charge is 0.322 e. The van der Waals surface area contributed by atoms with Gasteiger partial charge in [-0.05, 0) is 116 Å². The van der Waals surface area contributed by atoms with Gasteiger partial charge in [-0.1, -0.05) is 106 Å². The Balaban J connectivity index is 1.19. The molecule has 0 aromatic carbocycles. The minimum absolute atomic E-state index is 0.00627. The average Bonchev–Trinajstić information content (AvgIpc) is 3.10. The zero-order valence-corrected chi connectivity index (χ0v) is 35.4. The molecule has 54 heavy (non-hydrogen) atoms. The van der Waals surface area contributed by atoms with Crippen molar-refractivity contribution >= 4 is 23.8 Å². The number of hydrogen-bond acceptors (Lipinski definition) is 5. The molecule has 5 aliphatic carbocycles. The molecule has 8 heteroatoms. The van der Waals surface area contributed by atoms with Crippen molar-refractivity contribution < 1.29 is 29.0 Å². The van der Waals surface area contributed by atoms with E-state index in [4.69, 9.17) is 9.84 Å². The number of amides is 2. The number of fused-ring (bicyclic) bond motifs is 7. The normalized spacial score (nSPS) is 36.3.